The maximum absolute atomic E-state index is 14.6. The molecule has 0 radical (unpaired) electrons. The van der Waals surface area contributed by atoms with E-state index < -0.39 is 32.4 Å². The molecule has 1 aromatic carbocycles. The van der Waals surface area contributed by atoms with Gasteiger partial charge in [0.2, 0.25) is 10.0 Å². The number of halogens is 1. The highest BCUT2D eigenvalue weighted by Crippen LogP contribution is 2.26. The number of benzene rings is 1. The summed E-state index contributed by atoms with van der Waals surface area (Å²) in [6.07, 6.45) is 4.26. The summed E-state index contributed by atoms with van der Waals surface area (Å²) in [6.45, 7) is 6.72. The molecule has 2 amide bonds. The fourth-order valence-electron chi connectivity index (χ4n) is 4.24. The maximum atomic E-state index is 14.6. The van der Waals surface area contributed by atoms with E-state index in [1.165, 1.54) is 10.4 Å². The number of hydrogen-bond donors (Lipinski definition) is 1. The highest BCUT2D eigenvalue weighted by atomic mass is 32.2. The molecule has 10 heteroatoms. The molecule has 1 atom stereocenters. The number of rotatable bonds is 5. The van der Waals surface area contributed by atoms with Crippen molar-refractivity contribution in [3.63, 3.8) is 0 Å². The van der Waals surface area contributed by atoms with Gasteiger partial charge in [-0.15, -0.1) is 0 Å². The summed E-state index contributed by atoms with van der Waals surface area (Å²) in [7, 11) is -4.02. The normalized spacial score (nSPS) is 20.4. The molecule has 2 heterocycles. The average molecular weight is 484 g/mol. The second-order valence-electron chi connectivity index (χ2n) is 9.64. The standard InChI is InChI=1S/C23H34FN3O5S/c1-23(2,3)32-22(29)25-16-18-9-5-8-14-27(18)21(28)17-10-11-19(24)20(15-17)33(30,31)26-12-6-4-7-13-26/h10-11,15,18H,4-9,12-14,16H2,1-3H3,(H,25,29). The largest absolute Gasteiger partial charge is 0.444 e. The van der Waals surface area contributed by atoms with E-state index in [0.717, 1.165) is 44.2 Å². The molecule has 3 rings (SSSR count). The first kappa shape index (κ1) is 25.4. The van der Waals surface area contributed by atoms with E-state index in [4.69, 9.17) is 4.74 Å². The van der Waals surface area contributed by atoms with Gasteiger partial charge >= 0.3 is 6.09 Å². The van der Waals surface area contributed by atoms with E-state index in [9.17, 15) is 22.4 Å². The number of carbonyl (C=O) groups excluding carboxylic acids is 2. The number of nitrogens with zero attached hydrogens (tertiary/aromatic N) is 2. The third-order valence-corrected chi connectivity index (χ3v) is 7.79. The summed E-state index contributed by atoms with van der Waals surface area (Å²) in [5.74, 6) is -1.24. The monoisotopic (exact) mass is 483 g/mol. The summed E-state index contributed by atoms with van der Waals surface area (Å²) in [5, 5.41) is 2.72. The molecule has 1 aromatic rings. The third kappa shape index (κ3) is 6.44. The van der Waals surface area contributed by atoms with Crippen molar-refractivity contribution in [1.29, 1.82) is 0 Å². The molecule has 2 fully saturated rings. The Labute approximate surface area is 195 Å². The zero-order chi connectivity index (χ0) is 24.2. The Morgan fingerprint density at radius 1 is 1.09 bits per heavy atom. The predicted molar refractivity (Wildman–Crippen MR) is 122 cm³/mol. The Bertz CT molecular complexity index is 971. The molecule has 0 bridgehead atoms. The van der Waals surface area contributed by atoms with Crippen LogP contribution in [-0.2, 0) is 14.8 Å². The van der Waals surface area contributed by atoms with Gasteiger partial charge in [-0.3, -0.25) is 4.79 Å². The smallest absolute Gasteiger partial charge is 0.407 e. The van der Waals surface area contributed by atoms with Crippen molar-refractivity contribution in [2.24, 2.45) is 0 Å². The minimum atomic E-state index is -4.02. The zero-order valence-corrected chi connectivity index (χ0v) is 20.4. The lowest BCUT2D eigenvalue weighted by molar-refractivity contribution is 0.0462. The van der Waals surface area contributed by atoms with Gasteiger partial charge in [-0.25, -0.2) is 17.6 Å². The number of piperidine rings is 2. The van der Waals surface area contributed by atoms with Crippen molar-refractivity contribution in [3.05, 3.63) is 29.6 Å². The SMILES string of the molecule is CC(C)(C)OC(=O)NCC1CCCCN1C(=O)c1ccc(F)c(S(=O)(=O)N2CCCCC2)c1. The summed E-state index contributed by atoms with van der Waals surface area (Å²) < 4.78 is 47.1. The highest BCUT2D eigenvalue weighted by Gasteiger charge is 2.32. The molecule has 2 aliphatic rings. The van der Waals surface area contributed by atoms with Crippen molar-refractivity contribution < 1.29 is 27.1 Å². The van der Waals surface area contributed by atoms with Crippen LogP contribution in [0.4, 0.5) is 9.18 Å². The Kier molecular flexibility index (Phi) is 8.00. The van der Waals surface area contributed by atoms with Gasteiger partial charge in [-0.05, 0) is 71.1 Å². The van der Waals surface area contributed by atoms with Crippen LogP contribution in [0.2, 0.25) is 0 Å². The summed E-state index contributed by atoms with van der Waals surface area (Å²) >= 11 is 0. The molecule has 184 valence electrons. The Hall–Kier alpha value is -2.20. The van der Waals surface area contributed by atoms with Gasteiger partial charge in [0.25, 0.3) is 5.91 Å². The highest BCUT2D eigenvalue weighted by molar-refractivity contribution is 7.89. The number of nitrogens with one attached hydrogen (secondary N) is 1. The Morgan fingerprint density at radius 3 is 2.42 bits per heavy atom. The van der Waals surface area contributed by atoms with Crippen LogP contribution in [0.1, 0.15) is 69.7 Å². The average Bonchev–Trinajstić information content (AvgIpc) is 2.77. The summed E-state index contributed by atoms with van der Waals surface area (Å²) in [4.78, 5) is 26.5. The lowest BCUT2D eigenvalue weighted by atomic mass is 10.0. The van der Waals surface area contributed by atoms with Gasteiger partial charge in [0, 0.05) is 37.8 Å². The van der Waals surface area contributed by atoms with Crippen LogP contribution in [0.15, 0.2) is 23.1 Å². The molecule has 1 unspecified atom stereocenters. The van der Waals surface area contributed by atoms with E-state index in [-0.39, 0.29) is 24.1 Å². The second kappa shape index (κ2) is 10.4. The van der Waals surface area contributed by atoms with Crippen molar-refractivity contribution >= 4 is 22.0 Å². The minimum Gasteiger partial charge on any atom is -0.444 e. The van der Waals surface area contributed by atoms with Crippen molar-refractivity contribution in [1.82, 2.24) is 14.5 Å². The van der Waals surface area contributed by atoms with Crippen molar-refractivity contribution in [2.75, 3.05) is 26.2 Å². The number of carbonyl (C=O) groups is 2. The van der Waals surface area contributed by atoms with E-state index >= 15 is 0 Å². The Balaban J connectivity index is 1.77. The first-order chi connectivity index (χ1) is 15.5. The molecule has 2 saturated heterocycles. The Morgan fingerprint density at radius 2 is 1.76 bits per heavy atom. The number of likely N-dealkylation sites (tertiary alicyclic amines) is 1. The van der Waals surface area contributed by atoms with Gasteiger partial charge in [0.15, 0.2) is 0 Å². The van der Waals surface area contributed by atoms with Gasteiger partial charge in [0.1, 0.15) is 16.3 Å². The topological polar surface area (TPSA) is 96.0 Å². The molecule has 0 aromatic heterocycles. The zero-order valence-electron chi connectivity index (χ0n) is 19.6. The van der Waals surface area contributed by atoms with Crippen LogP contribution in [0, 0.1) is 5.82 Å². The van der Waals surface area contributed by atoms with Gasteiger partial charge in [-0.2, -0.15) is 4.31 Å². The number of ether oxygens (including phenoxy) is 1. The van der Waals surface area contributed by atoms with Crippen molar-refractivity contribution in [3.8, 4) is 0 Å². The molecule has 0 spiro atoms. The fourth-order valence-corrected chi connectivity index (χ4v) is 5.85. The van der Waals surface area contributed by atoms with E-state index in [0.29, 0.717) is 26.1 Å². The van der Waals surface area contributed by atoms with Gasteiger partial charge in [0.05, 0.1) is 0 Å². The molecule has 33 heavy (non-hydrogen) atoms. The quantitative estimate of drug-likeness (QED) is 0.691. The van der Waals surface area contributed by atoms with Crippen LogP contribution >= 0.6 is 0 Å². The molecule has 0 saturated carbocycles. The molecule has 8 nitrogen and oxygen atoms in total. The lowest BCUT2D eigenvalue weighted by Gasteiger charge is -2.36. The van der Waals surface area contributed by atoms with Crippen LogP contribution in [0.25, 0.3) is 0 Å². The summed E-state index contributed by atoms with van der Waals surface area (Å²) in [6, 6.07) is 3.25. The number of hydrogen-bond acceptors (Lipinski definition) is 5. The van der Waals surface area contributed by atoms with Gasteiger partial charge < -0.3 is 15.0 Å². The maximum Gasteiger partial charge on any atom is 0.407 e. The molecule has 2 aliphatic heterocycles. The van der Waals surface area contributed by atoms with Crippen LogP contribution in [-0.4, -0.2) is 67.4 Å². The predicted octanol–water partition coefficient (Wildman–Crippen LogP) is 3.52. The summed E-state index contributed by atoms with van der Waals surface area (Å²) in [5.41, 5.74) is -0.507. The number of sulfonamides is 1. The van der Waals surface area contributed by atoms with Crippen LogP contribution < -0.4 is 5.32 Å². The van der Waals surface area contributed by atoms with E-state index in [1.54, 1.807) is 25.7 Å². The first-order valence-corrected chi connectivity index (χ1v) is 13.0. The molecule has 1 N–H and O–H groups in total. The first-order valence-electron chi connectivity index (χ1n) is 11.6. The fraction of sp³-hybridized carbons (Fsp3) is 0.652. The lowest BCUT2D eigenvalue weighted by Crippen LogP contribution is -2.50. The van der Waals surface area contributed by atoms with E-state index in [2.05, 4.69) is 5.32 Å². The number of alkyl carbamates (subject to hydrolysis) is 1. The number of amides is 2. The van der Waals surface area contributed by atoms with Crippen LogP contribution in [0.3, 0.4) is 0 Å². The minimum absolute atomic E-state index is 0.121. The molecule has 0 aliphatic carbocycles. The molecular weight excluding hydrogens is 449 g/mol. The van der Waals surface area contributed by atoms with Crippen LogP contribution in [0.5, 0.6) is 0 Å². The third-order valence-electron chi connectivity index (χ3n) is 5.88. The molecular formula is C23H34FN3O5S. The van der Waals surface area contributed by atoms with E-state index in [1.807, 2.05) is 0 Å². The second-order valence-corrected chi connectivity index (χ2v) is 11.5. The van der Waals surface area contributed by atoms with Crippen molar-refractivity contribution in [2.45, 2.75) is 75.8 Å². The van der Waals surface area contributed by atoms with Gasteiger partial charge in [-0.1, -0.05) is 6.42 Å².